The first-order valence-electron chi connectivity index (χ1n) is 0.775. The fourth-order valence-corrected chi connectivity index (χ4v) is 0. The van der Waals surface area contributed by atoms with E-state index < -0.39 is 7.32 Å². The molecule has 0 saturated carbocycles. The summed E-state index contributed by atoms with van der Waals surface area (Å²) in [5.74, 6) is 0. The van der Waals surface area contributed by atoms with E-state index >= 15 is 0 Å². The molecule has 0 amide bonds. The van der Waals surface area contributed by atoms with Crippen molar-refractivity contribution >= 4 is 34.6 Å². The molecular weight excluding hydrogens is 331 g/mol. The third-order valence-electron chi connectivity index (χ3n) is 0. The Morgan fingerprint density at radius 3 is 1.00 bits per heavy atom. The van der Waals surface area contributed by atoms with E-state index in [-0.39, 0.29) is 46.8 Å². The quantitative estimate of drug-likeness (QED) is 0.414. The number of rotatable bonds is 0. The average molecular weight is 336 g/mol. The molecule has 6 heteroatoms. The summed E-state index contributed by atoms with van der Waals surface area (Å²) in [6.45, 7) is 0. The molecule has 0 spiro atoms. The van der Waals surface area contributed by atoms with Crippen LogP contribution in [0, 0.1) is 0 Å². The van der Waals surface area contributed by atoms with Crippen LogP contribution in [0.25, 0.3) is 0 Å². The van der Waals surface area contributed by atoms with Crippen LogP contribution in [-0.4, -0.2) is 49.7 Å². The Hall–Kier alpha value is 1.49. The molecule has 0 aliphatic carbocycles. The molecule has 3 N–H and O–H groups in total. The molecule has 0 aromatic heterocycles. The first-order chi connectivity index (χ1) is 1.73. The summed E-state index contributed by atoms with van der Waals surface area (Å²) in [5.41, 5.74) is 0. The van der Waals surface area contributed by atoms with Crippen LogP contribution in [-0.2, 0) is 19.5 Å². The van der Waals surface area contributed by atoms with Gasteiger partial charge in [0.15, 0.2) is 0 Å². The van der Waals surface area contributed by atoms with Gasteiger partial charge in [0.05, 0.1) is 0 Å². The maximum Gasteiger partial charge on any atom is 0 e. The zero-order valence-corrected chi connectivity index (χ0v) is 11.8. The van der Waals surface area contributed by atoms with Crippen LogP contribution in [0.15, 0.2) is 0 Å². The molecule has 0 fully saturated rings. The first-order valence-corrected chi connectivity index (χ1v) is 0.775. The third-order valence-corrected chi connectivity index (χ3v) is 0. The van der Waals surface area contributed by atoms with Gasteiger partial charge in [0, 0.05) is 19.5 Å². The average Bonchev–Trinajstić information content (AvgIpc) is 0.811. The normalized spacial score (nSPS) is 4.50. The van der Waals surface area contributed by atoms with Gasteiger partial charge >= 0.3 is 34.6 Å². The van der Waals surface area contributed by atoms with Crippen molar-refractivity contribution in [3.05, 3.63) is 0 Å². The van der Waals surface area contributed by atoms with Crippen LogP contribution in [0.5, 0.6) is 0 Å². The standard InChI is InChI=1S/BH3O3.Pb.Zn.2H/c2-1(3)4;;;;/h2-4H;;;;. The Morgan fingerprint density at radius 2 is 1.00 bits per heavy atom. The molecule has 0 aliphatic heterocycles. The number of hydrogen-bond acceptors (Lipinski definition) is 3. The second-order valence-corrected chi connectivity index (χ2v) is 0.346. The van der Waals surface area contributed by atoms with Crippen LogP contribution in [0.1, 0.15) is 0 Å². The molecule has 0 aromatic rings. The van der Waals surface area contributed by atoms with Crippen molar-refractivity contribution < 1.29 is 34.6 Å². The maximum absolute atomic E-state index is 7.17. The van der Waals surface area contributed by atoms with Crippen molar-refractivity contribution in [1.29, 1.82) is 0 Å². The van der Waals surface area contributed by atoms with Gasteiger partial charge in [-0.25, -0.2) is 0 Å². The van der Waals surface area contributed by atoms with Crippen molar-refractivity contribution in [3.63, 3.8) is 0 Å². The van der Waals surface area contributed by atoms with Crippen molar-refractivity contribution in [2.24, 2.45) is 0 Å². The second-order valence-electron chi connectivity index (χ2n) is 0.346. The molecule has 0 rings (SSSR count). The molecule has 0 atom stereocenters. The minimum absolute atomic E-state index is 0. The van der Waals surface area contributed by atoms with Gasteiger partial charge in [-0.1, -0.05) is 0 Å². The zero-order chi connectivity index (χ0) is 3.58. The molecule has 0 aliphatic rings. The van der Waals surface area contributed by atoms with Crippen LogP contribution in [0.4, 0.5) is 0 Å². The molecule has 3 nitrogen and oxygen atoms in total. The van der Waals surface area contributed by atoms with Crippen molar-refractivity contribution in [2.45, 2.75) is 0 Å². The summed E-state index contributed by atoms with van der Waals surface area (Å²) in [7, 11) is -2.17. The van der Waals surface area contributed by atoms with Crippen LogP contribution >= 0.6 is 0 Å². The van der Waals surface area contributed by atoms with Gasteiger partial charge in [0.2, 0.25) is 0 Å². The van der Waals surface area contributed by atoms with Gasteiger partial charge in [-0.3, -0.25) is 0 Å². The monoisotopic (exact) mass is 336 g/mol. The predicted molar refractivity (Wildman–Crippen MR) is 21.0 cm³/mol. The van der Waals surface area contributed by atoms with Crippen LogP contribution in [0.2, 0.25) is 0 Å². The molecule has 2 radical (unpaired) electrons. The van der Waals surface area contributed by atoms with E-state index in [1.54, 1.807) is 0 Å². The summed E-state index contributed by atoms with van der Waals surface area (Å²) in [6, 6.07) is 0. The van der Waals surface area contributed by atoms with Crippen molar-refractivity contribution in [1.82, 2.24) is 0 Å². The van der Waals surface area contributed by atoms with E-state index in [1.165, 1.54) is 0 Å². The summed E-state index contributed by atoms with van der Waals surface area (Å²) < 4.78 is 0. The van der Waals surface area contributed by atoms with E-state index in [4.69, 9.17) is 15.1 Å². The van der Waals surface area contributed by atoms with E-state index in [1.807, 2.05) is 0 Å². The molecule has 0 aromatic carbocycles. The Morgan fingerprint density at radius 1 is 1.00 bits per heavy atom. The van der Waals surface area contributed by atoms with Gasteiger partial charge in [-0.05, 0) is 0 Å². The van der Waals surface area contributed by atoms with E-state index in [9.17, 15) is 0 Å². The topological polar surface area (TPSA) is 60.7 Å². The van der Waals surface area contributed by atoms with Gasteiger partial charge in [0.1, 0.15) is 0 Å². The predicted octanol–water partition coefficient (Wildman–Crippen LogP) is -2.97. The van der Waals surface area contributed by atoms with Gasteiger partial charge in [0.25, 0.3) is 0 Å². The van der Waals surface area contributed by atoms with Crippen LogP contribution < -0.4 is 0 Å². The summed E-state index contributed by atoms with van der Waals surface area (Å²) in [6.07, 6.45) is 0. The van der Waals surface area contributed by atoms with Gasteiger partial charge < -0.3 is 15.1 Å². The van der Waals surface area contributed by atoms with Crippen molar-refractivity contribution in [3.8, 4) is 0 Å². The zero-order valence-electron chi connectivity index (χ0n) is 3.33. The Balaban J connectivity index is -0.0000000450. The largest absolute Gasteiger partial charge is 0 e. The third kappa shape index (κ3) is 49.8. The van der Waals surface area contributed by atoms with E-state index in [0.29, 0.717) is 0 Å². The molecule has 0 saturated heterocycles. The van der Waals surface area contributed by atoms with E-state index in [0.717, 1.165) is 0 Å². The molecule has 32 valence electrons. The smallest absolute Gasteiger partial charge is 0 e. The molecule has 0 unspecified atom stereocenters. The molecule has 0 bridgehead atoms. The second kappa shape index (κ2) is 9.70. The Bertz CT molecular complexity index is 15.5. The maximum atomic E-state index is 7.17. The van der Waals surface area contributed by atoms with Gasteiger partial charge in [-0.15, -0.1) is 0 Å². The number of hydrogen-bond donors (Lipinski definition) is 3. The molecule has 0 heterocycles. The summed E-state index contributed by atoms with van der Waals surface area (Å²) >= 11 is 0. The van der Waals surface area contributed by atoms with Crippen molar-refractivity contribution in [2.75, 3.05) is 0 Å². The fraction of sp³-hybridized carbons (Fsp3) is 0. The summed E-state index contributed by atoms with van der Waals surface area (Å²) in [4.78, 5) is 0. The minimum Gasteiger partial charge on any atom is 0 e. The fourth-order valence-electron chi connectivity index (χ4n) is 0. The minimum atomic E-state index is -2.17. The Kier molecular flexibility index (Phi) is 25.3. The SMILES string of the molecule is OB(O)O.[PbH2].[Zn]. The molecular formula is H5BO3PbZn. The first kappa shape index (κ1) is 15.6. The van der Waals surface area contributed by atoms with E-state index in [2.05, 4.69) is 0 Å². The van der Waals surface area contributed by atoms with Gasteiger partial charge in [-0.2, -0.15) is 0 Å². The molecule has 6 heavy (non-hydrogen) atoms. The Labute approximate surface area is 68.9 Å². The summed E-state index contributed by atoms with van der Waals surface area (Å²) in [5, 5.41) is 21.5. The van der Waals surface area contributed by atoms with Crippen LogP contribution in [0.3, 0.4) is 0 Å².